The summed E-state index contributed by atoms with van der Waals surface area (Å²) in [7, 11) is 0. The summed E-state index contributed by atoms with van der Waals surface area (Å²) in [5.74, 6) is 0. The molecule has 0 aromatic heterocycles. The van der Waals surface area contributed by atoms with E-state index < -0.39 is 0 Å². The third-order valence-electron chi connectivity index (χ3n) is 1.58. The number of carbonyl (C=O) groups excluding carboxylic acids is 1. The van der Waals surface area contributed by atoms with Crippen molar-refractivity contribution in [1.82, 2.24) is 0 Å². The minimum absolute atomic E-state index is 0.946. The molecule has 0 saturated heterocycles. The molecule has 11 heavy (non-hydrogen) atoms. The van der Waals surface area contributed by atoms with E-state index in [4.69, 9.17) is 0 Å². The molecule has 0 aliphatic rings. The molecule has 0 amide bonds. The fourth-order valence-corrected chi connectivity index (χ4v) is 0.830. The lowest BCUT2D eigenvalue weighted by molar-refractivity contribution is 0.392. The van der Waals surface area contributed by atoms with Crippen molar-refractivity contribution in [3.8, 4) is 0 Å². The molecule has 0 aromatic carbocycles. The third-order valence-corrected chi connectivity index (χ3v) is 1.58. The molecule has 0 spiro atoms. The third kappa shape index (κ3) is 5.64. The number of hydrogen-bond donors (Lipinski definition) is 0. The summed E-state index contributed by atoms with van der Waals surface area (Å²) in [5.41, 5.74) is 1.18. The van der Waals surface area contributed by atoms with Gasteiger partial charge >= 0.3 is 6.47 Å². The molecule has 0 saturated carbocycles. The second-order valence-electron chi connectivity index (χ2n) is 2.43. The zero-order chi connectivity index (χ0) is 8.53. The highest BCUT2D eigenvalue weighted by atomic mass is 16.5. The number of allylic oxidation sites excluding steroid dienone is 1. The van der Waals surface area contributed by atoms with Gasteiger partial charge in [0.2, 0.25) is 0 Å². The van der Waals surface area contributed by atoms with E-state index in [1.807, 2.05) is 0 Å². The first-order chi connectivity index (χ1) is 5.35. The van der Waals surface area contributed by atoms with E-state index in [0.717, 1.165) is 19.3 Å². The lowest BCUT2D eigenvalue weighted by Gasteiger charge is -2.00. The van der Waals surface area contributed by atoms with Crippen molar-refractivity contribution in [3.63, 3.8) is 0 Å². The molecule has 63 valence electrons. The smallest absolute Gasteiger partial charge is 0.422 e. The van der Waals surface area contributed by atoms with Gasteiger partial charge in [0.1, 0.15) is 0 Å². The van der Waals surface area contributed by atoms with E-state index in [1.165, 1.54) is 24.7 Å². The van der Waals surface area contributed by atoms with Gasteiger partial charge in [0.25, 0.3) is 0 Å². The Hall–Kier alpha value is -0.790. The van der Waals surface area contributed by atoms with Crippen LogP contribution in [0.25, 0.3) is 0 Å². The first kappa shape index (κ1) is 10.2. The summed E-state index contributed by atoms with van der Waals surface area (Å²) in [4.78, 5) is 9.71. The Morgan fingerprint density at radius 3 is 2.73 bits per heavy atom. The molecular formula is C9H15O2. The SMILES string of the molecule is CCCC/C(=C/O[C]=O)CC. The second-order valence-corrected chi connectivity index (χ2v) is 2.43. The number of unbranched alkanes of at least 4 members (excludes halogenated alkanes) is 1. The first-order valence-corrected chi connectivity index (χ1v) is 4.05. The summed E-state index contributed by atoms with van der Waals surface area (Å²) in [6.07, 6.45) is 5.79. The first-order valence-electron chi connectivity index (χ1n) is 4.05. The summed E-state index contributed by atoms with van der Waals surface area (Å²) in [6, 6.07) is 0. The Bertz CT molecular complexity index is 128. The number of rotatable bonds is 6. The molecule has 0 aliphatic carbocycles. The van der Waals surface area contributed by atoms with Gasteiger partial charge in [-0.1, -0.05) is 20.3 Å². The second kappa shape index (κ2) is 7.32. The van der Waals surface area contributed by atoms with Crippen LogP contribution in [0.4, 0.5) is 0 Å². The molecule has 0 aliphatic heterocycles. The molecule has 0 unspecified atom stereocenters. The maximum absolute atomic E-state index is 9.71. The monoisotopic (exact) mass is 155 g/mol. The Balaban J connectivity index is 3.63. The van der Waals surface area contributed by atoms with Crippen LogP contribution in [-0.4, -0.2) is 6.47 Å². The van der Waals surface area contributed by atoms with E-state index in [-0.39, 0.29) is 0 Å². The summed E-state index contributed by atoms with van der Waals surface area (Å²) in [6.45, 7) is 5.57. The van der Waals surface area contributed by atoms with Gasteiger partial charge in [-0.05, 0) is 24.8 Å². The van der Waals surface area contributed by atoms with Crippen molar-refractivity contribution < 1.29 is 9.53 Å². The average molecular weight is 155 g/mol. The maximum atomic E-state index is 9.71. The molecule has 2 heteroatoms. The van der Waals surface area contributed by atoms with Crippen molar-refractivity contribution in [2.24, 2.45) is 0 Å². The molecule has 0 N–H and O–H groups in total. The molecule has 0 rings (SSSR count). The summed E-state index contributed by atoms with van der Waals surface area (Å²) < 4.78 is 4.42. The number of ether oxygens (including phenoxy) is 1. The van der Waals surface area contributed by atoms with Crippen LogP contribution < -0.4 is 0 Å². The Kier molecular flexibility index (Phi) is 6.79. The largest absolute Gasteiger partial charge is 0.426 e. The quantitative estimate of drug-likeness (QED) is 0.551. The highest BCUT2D eigenvalue weighted by Crippen LogP contribution is 2.10. The Morgan fingerprint density at radius 2 is 2.27 bits per heavy atom. The van der Waals surface area contributed by atoms with E-state index in [9.17, 15) is 4.79 Å². The zero-order valence-corrected chi connectivity index (χ0v) is 7.22. The fraction of sp³-hybridized carbons (Fsp3) is 0.667. The predicted octanol–water partition coefficient (Wildman–Crippen LogP) is 2.55. The molecule has 1 radical (unpaired) electrons. The topological polar surface area (TPSA) is 26.3 Å². The van der Waals surface area contributed by atoms with E-state index >= 15 is 0 Å². The highest BCUT2D eigenvalue weighted by Gasteiger charge is 1.93. The van der Waals surface area contributed by atoms with Gasteiger partial charge in [-0.3, -0.25) is 0 Å². The van der Waals surface area contributed by atoms with Gasteiger partial charge < -0.3 is 4.74 Å². The van der Waals surface area contributed by atoms with Gasteiger partial charge in [0, 0.05) is 0 Å². The van der Waals surface area contributed by atoms with E-state index in [2.05, 4.69) is 18.6 Å². The van der Waals surface area contributed by atoms with Gasteiger partial charge in [-0.2, -0.15) is 0 Å². The van der Waals surface area contributed by atoms with Gasteiger partial charge in [0.15, 0.2) is 0 Å². The van der Waals surface area contributed by atoms with Crippen molar-refractivity contribution in [2.75, 3.05) is 0 Å². The lowest BCUT2D eigenvalue weighted by atomic mass is 10.1. The van der Waals surface area contributed by atoms with E-state index in [1.54, 1.807) is 0 Å². The van der Waals surface area contributed by atoms with Gasteiger partial charge in [-0.25, -0.2) is 4.79 Å². The number of hydrogen-bond acceptors (Lipinski definition) is 2. The summed E-state index contributed by atoms with van der Waals surface area (Å²) in [5, 5.41) is 0. The van der Waals surface area contributed by atoms with Crippen LogP contribution >= 0.6 is 0 Å². The van der Waals surface area contributed by atoms with Crippen LogP contribution in [0.3, 0.4) is 0 Å². The minimum Gasteiger partial charge on any atom is -0.426 e. The molecule has 0 aromatic rings. The van der Waals surface area contributed by atoms with Crippen LogP contribution in [0.1, 0.15) is 39.5 Å². The predicted molar refractivity (Wildman–Crippen MR) is 44.7 cm³/mol. The van der Waals surface area contributed by atoms with Crippen LogP contribution in [0.15, 0.2) is 11.8 Å². The lowest BCUT2D eigenvalue weighted by Crippen LogP contribution is -1.84. The van der Waals surface area contributed by atoms with Crippen molar-refractivity contribution >= 4 is 6.47 Å². The highest BCUT2D eigenvalue weighted by molar-refractivity contribution is 5.39. The van der Waals surface area contributed by atoms with Crippen molar-refractivity contribution in [2.45, 2.75) is 39.5 Å². The van der Waals surface area contributed by atoms with Gasteiger partial charge in [0.05, 0.1) is 6.26 Å². The molecule has 0 fully saturated rings. The molecule has 2 nitrogen and oxygen atoms in total. The average Bonchev–Trinajstić information content (AvgIpc) is 2.05. The van der Waals surface area contributed by atoms with Crippen LogP contribution in [-0.2, 0) is 9.53 Å². The Labute approximate surface area is 68.2 Å². The molecule has 0 heterocycles. The maximum Gasteiger partial charge on any atom is 0.422 e. The molecule has 0 bridgehead atoms. The van der Waals surface area contributed by atoms with Crippen molar-refractivity contribution in [3.05, 3.63) is 11.8 Å². The standard InChI is InChI=1S/C9H15O2/c1-3-5-6-9(4-2)7-11-8-10/h7H,3-6H2,1-2H3/b9-7+. The normalized spacial score (nSPS) is 11.3. The van der Waals surface area contributed by atoms with Gasteiger partial charge in [-0.15, -0.1) is 0 Å². The molecule has 0 atom stereocenters. The fourth-order valence-electron chi connectivity index (χ4n) is 0.830. The van der Waals surface area contributed by atoms with Crippen LogP contribution in [0.5, 0.6) is 0 Å². The van der Waals surface area contributed by atoms with E-state index in [0.29, 0.717) is 0 Å². The van der Waals surface area contributed by atoms with Crippen LogP contribution in [0, 0.1) is 0 Å². The molecular weight excluding hydrogens is 140 g/mol. The summed E-state index contributed by atoms with van der Waals surface area (Å²) >= 11 is 0. The van der Waals surface area contributed by atoms with Crippen LogP contribution in [0.2, 0.25) is 0 Å². The minimum atomic E-state index is 0.946. The van der Waals surface area contributed by atoms with Crippen molar-refractivity contribution in [1.29, 1.82) is 0 Å². The zero-order valence-electron chi connectivity index (χ0n) is 7.22. The Morgan fingerprint density at radius 1 is 1.55 bits per heavy atom.